The van der Waals surface area contributed by atoms with E-state index >= 15 is 0 Å². The third kappa shape index (κ3) is 1.85. The van der Waals surface area contributed by atoms with Gasteiger partial charge in [-0.05, 0) is 69.3 Å². The van der Waals surface area contributed by atoms with Gasteiger partial charge in [0.25, 0.3) is 0 Å². The number of hydrogen-bond donors (Lipinski definition) is 1. The summed E-state index contributed by atoms with van der Waals surface area (Å²) in [6.07, 6.45) is 8.09. The summed E-state index contributed by atoms with van der Waals surface area (Å²) in [5.41, 5.74) is 8.64. The summed E-state index contributed by atoms with van der Waals surface area (Å²) in [6, 6.07) is 8.58. The number of rotatable bonds is 1. The molecule has 0 amide bonds. The number of nitrogens with zero attached hydrogens (tertiary/aromatic N) is 1. The van der Waals surface area contributed by atoms with E-state index in [-0.39, 0.29) is 0 Å². The Morgan fingerprint density at radius 2 is 1.71 bits per heavy atom. The molecule has 0 aromatic heterocycles. The van der Waals surface area contributed by atoms with E-state index in [1.165, 1.54) is 57.2 Å². The Bertz CT molecular complexity index is 388. The molecule has 0 bridgehead atoms. The lowest BCUT2D eigenvalue weighted by molar-refractivity contribution is 0.00822. The monoisotopic (exact) mass is 230 g/mol. The SMILES string of the molecule is Nc1cccc(C23CCCCN2CCCC3)c1. The van der Waals surface area contributed by atoms with Gasteiger partial charge < -0.3 is 5.73 Å². The first-order chi connectivity index (χ1) is 8.31. The van der Waals surface area contributed by atoms with E-state index in [2.05, 4.69) is 23.1 Å². The summed E-state index contributed by atoms with van der Waals surface area (Å²) in [4.78, 5) is 2.72. The van der Waals surface area contributed by atoms with Crippen LogP contribution in [0.5, 0.6) is 0 Å². The molecular weight excluding hydrogens is 208 g/mol. The predicted molar refractivity (Wildman–Crippen MR) is 71.8 cm³/mol. The van der Waals surface area contributed by atoms with Crippen LogP contribution in [0.15, 0.2) is 24.3 Å². The summed E-state index contributed by atoms with van der Waals surface area (Å²) in [7, 11) is 0. The highest BCUT2D eigenvalue weighted by atomic mass is 15.2. The lowest BCUT2D eigenvalue weighted by Gasteiger charge is -2.51. The lowest BCUT2D eigenvalue weighted by atomic mass is 9.74. The Labute approximate surface area is 104 Å². The molecule has 0 radical (unpaired) electrons. The van der Waals surface area contributed by atoms with Crippen LogP contribution in [-0.2, 0) is 5.54 Å². The molecule has 3 rings (SSSR count). The van der Waals surface area contributed by atoms with Gasteiger partial charge in [0, 0.05) is 11.2 Å². The van der Waals surface area contributed by atoms with Crippen molar-refractivity contribution >= 4 is 5.69 Å². The first kappa shape index (κ1) is 11.1. The van der Waals surface area contributed by atoms with Crippen molar-refractivity contribution in [3.05, 3.63) is 29.8 Å². The molecule has 2 aliphatic heterocycles. The third-order valence-corrected chi connectivity index (χ3v) is 4.57. The van der Waals surface area contributed by atoms with Crippen LogP contribution in [-0.4, -0.2) is 18.0 Å². The molecule has 0 spiro atoms. The smallest absolute Gasteiger partial charge is 0.0461 e. The fourth-order valence-electron chi connectivity index (χ4n) is 3.72. The minimum Gasteiger partial charge on any atom is -0.399 e. The second kappa shape index (κ2) is 4.34. The molecule has 2 saturated heterocycles. The van der Waals surface area contributed by atoms with Gasteiger partial charge in [-0.25, -0.2) is 0 Å². The highest BCUT2D eigenvalue weighted by molar-refractivity contribution is 5.43. The van der Waals surface area contributed by atoms with Gasteiger partial charge in [0.05, 0.1) is 0 Å². The number of nitrogen functional groups attached to an aromatic ring is 1. The predicted octanol–water partition coefficient (Wildman–Crippen LogP) is 3.13. The van der Waals surface area contributed by atoms with E-state index in [4.69, 9.17) is 5.73 Å². The van der Waals surface area contributed by atoms with Gasteiger partial charge in [-0.3, -0.25) is 4.90 Å². The first-order valence-electron chi connectivity index (χ1n) is 6.92. The van der Waals surface area contributed by atoms with Gasteiger partial charge in [-0.1, -0.05) is 12.1 Å². The van der Waals surface area contributed by atoms with E-state index in [0.717, 1.165) is 5.69 Å². The molecule has 1 aromatic carbocycles. The van der Waals surface area contributed by atoms with Crippen LogP contribution >= 0.6 is 0 Å². The van der Waals surface area contributed by atoms with Gasteiger partial charge in [0.2, 0.25) is 0 Å². The zero-order chi connectivity index (χ0) is 11.7. The number of piperidine rings is 2. The Morgan fingerprint density at radius 1 is 1.00 bits per heavy atom. The molecule has 1 aromatic rings. The fourth-order valence-corrected chi connectivity index (χ4v) is 3.72. The van der Waals surface area contributed by atoms with Crippen LogP contribution in [0.25, 0.3) is 0 Å². The lowest BCUT2D eigenvalue weighted by Crippen LogP contribution is -2.52. The molecule has 2 nitrogen and oxygen atoms in total. The van der Waals surface area contributed by atoms with Crippen LogP contribution in [0.4, 0.5) is 5.69 Å². The summed E-state index contributed by atoms with van der Waals surface area (Å²) in [5.74, 6) is 0. The number of nitrogens with two attached hydrogens (primary N) is 1. The van der Waals surface area contributed by atoms with E-state index in [1.54, 1.807) is 0 Å². The van der Waals surface area contributed by atoms with Crippen LogP contribution in [0, 0.1) is 0 Å². The minimum absolute atomic E-state index is 0.311. The minimum atomic E-state index is 0.311. The molecule has 2 heteroatoms. The number of hydrogen-bond acceptors (Lipinski definition) is 2. The van der Waals surface area contributed by atoms with Crippen molar-refractivity contribution in [1.29, 1.82) is 0 Å². The van der Waals surface area contributed by atoms with Gasteiger partial charge in [-0.15, -0.1) is 0 Å². The molecular formula is C15H22N2. The first-order valence-corrected chi connectivity index (χ1v) is 6.92. The molecule has 2 N–H and O–H groups in total. The van der Waals surface area contributed by atoms with E-state index in [1.807, 2.05) is 6.07 Å². The van der Waals surface area contributed by atoms with E-state index in [0.29, 0.717) is 5.54 Å². The molecule has 0 saturated carbocycles. The summed E-state index contributed by atoms with van der Waals surface area (Å²) >= 11 is 0. The summed E-state index contributed by atoms with van der Waals surface area (Å²) in [6.45, 7) is 2.55. The van der Waals surface area contributed by atoms with Gasteiger partial charge in [-0.2, -0.15) is 0 Å². The maximum Gasteiger partial charge on any atom is 0.0461 e. The second-order valence-corrected chi connectivity index (χ2v) is 5.56. The van der Waals surface area contributed by atoms with Crippen molar-refractivity contribution < 1.29 is 0 Å². The molecule has 2 heterocycles. The van der Waals surface area contributed by atoms with Crippen molar-refractivity contribution in [1.82, 2.24) is 4.90 Å². The average Bonchev–Trinajstić information content (AvgIpc) is 2.39. The van der Waals surface area contributed by atoms with Crippen LogP contribution in [0.1, 0.15) is 44.1 Å². The number of benzene rings is 1. The zero-order valence-electron chi connectivity index (χ0n) is 10.5. The summed E-state index contributed by atoms with van der Waals surface area (Å²) in [5, 5.41) is 0. The van der Waals surface area contributed by atoms with Crippen molar-refractivity contribution in [2.45, 2.75) is 44.1 Å². The van der Waals surface area contributed by atoms with E-state index < -0.39 is 0 Å². The maximum atomic E-state index is 5.97. The standard InChI is InChI=1S/C15H22N2/c16-14-7-5-6-13(12-14)15-8-1-3-10-17(15)11-4-2-9-15/h5-7,12H,1-4,8-11,16H2. The number of anilines is 1. The quantitative estimate of drug-likeness (QED) is 0.751. The fraction of sp³-hybridized carbons (Fsp3) is 0.600. The van der Waals surface area contributed by atoms with Gasteiger partial charge >= 0.3 is 0 Å². The molecule has 2 fully saturated rings. The topological polar surface area (TPSA) is 29.3 Å². The summed E-state index contributed by atoms with van der Waals surface area (Å²) < 4.78 is 0. The highest BCUT2D eigenvalue weighted by Crippen LogP contribution is 2.44. The van der Waals surface area contributed by atoms with Gasteiger partial charge in [0.1, 0.15) is 0 Å². The average molecular weight is 230 g/mol. The van der Waals surface area contributed by atoms with Crippen molar-refractivity contribution in [3.63, 3.8) is 0 Å². The number of fused-ring (bicyclic) bond motifs is 1. The molecule has 0 aliphatic carbocycles. The zero-order valence-corrected chi connectivity index (χ0v) is 10.5. The Hall–Kier alpha value is -1.02. The Morgan fingerprint density at radius 3 is 2.35 bits per heavy atom. The van der Waals surface area contributed by atoms with Crippen LogP contribution in [0.3, 0.4) is 0 Å². The van der Waals surface area contributed by atoms with E-state index in [9.17, 15) is 0 Å². The van der Waals surface area contributed by atoms with Gasteiger partial charge in [0.15, 0.2) is 0 Å². The maximum absolute atomic E-state index is 5.97. The molecule has 17 heavy (non-hydrogen) atoms. The highest BCUT2D eigenvalue weighted by Gasteiger charge is 2.41. The Kier molecular flexibility index (Phi) is 2.83. The second-order valence-electron chi connectivity index (χ2n) is 5.56. The molecule has 0 atom stereocenters. The Balaban J connectivity index is 2.00. The molecule has 0 unspecified atom stereocenters. The van der Waals surface area contributed by atoms with Crippen LogP contribution in [0.2, 0.25) is 0 Å². The van der Waals surface area contributed by atoms with Crippen molar-refractivity contribution in [3.8, 4) is 0 Å². The van der Waals surface area contributed by atoms with Crippen LogP contribution < -0.4 is 5.73 Å². The normalized spacial score (nSPS) is 24.2. The van der Waals surface area contributed by atoms with Crippen molar-refractivity contribution in [2.24, 2.45) is 0 Å². The molecule has 92 valence electrons. The van der Waals surface area contributed by atoms with Crippen molar-refractivity contribution in [2.75, 3.05) is 18.8 Å². The molecule has 2 aliphatic rings. The third-order valence-electron chi connectivity index (χ3n) is 4.57. The largest absolute Gasteiger partial charge is 0.399 e.